The minimum Gasteiger partial charge on any atom is -0.495 e. The minimum absolute atomic E-state index is 0.168. The smallest absolute Gasteiger partial charge is 0.146 e. The molecule has 3 N–H and O–H groups in total. The second-order valence-electron chi connectivity index (χ2n) is 3.45. The van der Waals surface area contributed by atoms with Crippen LogP contribution in [-0.4, -0.2) is 25.9 Å². The Balaban J connectivity index is 3.40. The zero-order chi connectivity index (χ0) is 12.3. The normalized spacial score (nSPS) is 12.4. The first-order chi connectivity index (χ1) is 7.56. The van der Waals surface area contributed by atoms with Gasteiger partial charge in [-0.3, -0.25) is 0 Å². The van der Waals surface area contributed by atoms with E-state index in [1.54, 1.807) is 7.11 Å². The van der Waals surface area contributed by atoms with Gasteiger partial charge in [-0.25, -0.2) is 0 Å². The molecular formula is C11H16ClNO3. The van der Waals surface area contributed by atoms with Crippen LogP contribution in [0.15, 0.2) is 6.07 Å². The predicted octanol–water partition coefficient (Wildman–Crippen LogP) is 1.66. The molecule has 1 aromatic carbocycles. The first kappa shape index (κ1) is 13.1. The first-order valence-corrected chi connectivity index (χ1v) is 5.22. The standard InChI is InChI=1S/C11H16ClNO3/c1-6-4-7(8(13)5-14)11(16-3)9(12)10(6)15-2/h4,8,14H,5,13H2,1-3H3. The number of aliphatic hydroxyl groups excluding tert-OH is 1. The molecule has 0 aromatic heterocycles. The van der Waals surface area contributed by atoms with Crippen molar-refractivity contribution in [1.29, 1.82) is 0 Å². The number of halogens is 1. The van der Waals surface area contributed by atoms with Crippen LogP contribution < -0.4 is 15.2 Å². The molecule has 0 bridgehead atoms. The van der Waals surface area contributed by atoms with Crippen LogP contribution in [0.1, 0.15) is 17.2 Å². The molecule has 16 heavy (non-hydrogen) atoms. The molecule has 1 rings (SSSR count). The van der Waals surface area contributed by atoms with Gasteiger partial charge in [0.25, 0.3) is 0 Å². The molecule has 0 aliphatic carbocycles. The van der Waals surface area contributed by atoms with Crippen molar-refractivity contribution in [1.82, 2.24) is 0 Å². The number of aliphatic hydroxyl groups is 1. The first-order valence-electron chi connectivity index (χ1n) is 4.84. The molecule has 0 saturated heterocycles. The molecule has 4 nitrogen and oxygen atoms in total. The summed E-state index contributed by atoms with van der Waals surface area (Å²) in [6, 6.07) is 1.29. The summed E-state index contributed by atoms with van der Waals surface area (Å²) in [7, 11) is 3.04. The molecule has 0 heterocycles. The van der Waals surface area contributed by atoms with E-state index >= 15 is 0 Å². The van der Waals surface area contributed by atoms with Gasteiger partial charge in [-0.05, 0) is 18.6 Å². The lowest BCUT2D eigenvalue weighted by Gasteiger charge is -2.18. The molecule has 90 valence electrons. The number of hydrogen-bond donors (Lipinski definition) is 2. The Labute approximate surface area is 99.9 Å². The average Bonchev–Trinajstić information content (AvgIpc) is 2.28. The van der Waals surface area contributed by atoms with E-state index in [4.69, 9.17) is 31.9 Å². The number of nitrogens with two attached hydrogens (primary N) is 1. The zero-order valence-electron chi connectivity index (χ0n) is 9.58. The summed E-state index contributed by atoms with van der Waals surface area (Å²) >= 11 is 6.13. The third kappa shape index (κ3) is 2.24. The lowest BCUT2D eigenvalue weighted by atomic mass is 10.0. The maximum atomic E-state index is 9.06. The highest BCUT2D eigenvalue weighted by molar-refractivity contribution is 6.33. The third-order valence-electron chi connectivity index (χ3n) is 2.40. The Bertz CT molecular complexity index is 382. The lowest BCUT2D eigenvalue weighted by molar-refractivity contribution is 0.264. The molecular weight excluding hydrogens is 230 g/mol. The van der Waals surface area contributed by atoms with E-state index in [9.17, 15) is 0 Å². The molecule has 0 radical (unpaired) electrons. The van der Waals surface area contributed by atoms with Crippen LogP contribution in [0, 0.1) is 6.92 Å². The molecule has 5 heteroatoms. The van der Waals surface area contributed by atoms with Crippen molar-refractivity contribution in [3.8, 4) is 11.5 Å². The van der Waals surface area contributed by atoms with E-state index in [0.717, 1.165) is 5.56 Å². The van der Waals surface area contributed by atoms with Crippen LogP contribution in [0.5, 0.6) is 11.5 Å². The van der Waals surface area contributed by atoms with E-state index in [1.807, 2.05) is 13.0 Å². The summed E-state index contributed by atoms with van der Waals surface area (Å²) < 4.78 is 10.4. The quantitative estimate of drug-likeness (QED) is 0.847. The topological polar surface area (TPSA) is 64.7 Å². The molecule has 0 aliphatic rings. The molecule has 0 spiro atoms. The summed E-state index contributed by atoms with van der Waals surface area (Å²) in [5.41, 5.74) is 7.30. The van der Waals surface area contributed by atoms with Crippen LogP contribution >= 0.6 is 11.6 Å². The van der Waals surface area contributed by atoms with Gasteiger partial charge in [-0.1, -0.05) is 11.6 Å². The van der Waals surface area contributed by atoms with Gasteiger partial charge in [-0.2, -0.15) is 0 Å². The summed E-state index contributed by atoms with van der Waals surface area (Å²) in [5, 5.41) is 9.44. The summed E-state index contributed by atoms with van der Waals surface area (Å²) in [6.07, 6.45) is 0. The summed E-state index contributed by atoms with van der Waals surface area (Å²) in [6.45, 7) is 1.69. The molecule has 0 fully saturated rings. The fourth-order valence-electron chi connectivity index (χ4n) is 1.60. The van der Waals surface area contributed by atoms with E-state index < -0.39 is 6.04 Å². The van der Waals surface area contributed by atoms with Crippen molar-refractivity contribution in [2.75, 3.05) is 20.8 Å². The van der Waals surface area contributed by atoms with Gasteiger partial charge >= 0.3 is 0 Å². The van der Waals surface area contributed by atoms with Crippen molar-refractivity contribution in [2.45, 2.75) is 13.0 Å². The van der Waals surface area contributed by atoms with Crippen LogP contribution in [-0.2, 0) is 0 Å². The SMILES string of the molecule is COc1c(C)cc(C(N)CO)c(OC)c1Cl. The van der Waals surface area contributed by atoms with E-state index in [0.29, 0.717) is 22.1 Å². The molecule has 0 aliphatic heterocycles. The lowest BCUT2D eigenvalue weighted by Crippen LogP contribution is -2.16. The maximum Gasteiger partial charge on any atom is 0.146 e. The molecule has 0 saturated carbocycles. The second kappa shape index (κ2) is 5.39. The Morgan fingerprint density at radius 2 is 1.94 bits per heavy atom. The van der Waals surface area contributed by atoms with Crippen LogP contribution in [0.3, 0.4) is 0 Å². The summed E-state index contributed by atoms with van der Waals surface area (Å²) in [4.78, 5) is 0. The van der Waals surface area contributed by atoms with Crippen molar-refractivity contribution >= 4 is 11.6 Å². The van der Waals surface area contributed by atoms with Crippen LogP contribution in [0.2, 0.25) is 5.02 Å². The molecule has 1 atom stereocenters. The Hall–Kier alpha value is -0.970. The molecule has 0 amide bonds. The number of ether oxygens (including phenoxy) is 2. The van der Waals surface area contributed by atoms with E-state index in [2.05, 4.69) is 0 Å². The fraction of sp³-hybridized carbons (Fsp3) is 0.455. The zero-order valence-corrected chi connectivity index (χ0v) is 10.3. The van der Waals surface area contributed by atoms with Gasteiger partial charge in [0.2, 0.25) is 0 Å². The van der Waals surface area contributed by atoms with E-state index in [1.165, 1.54) is 7.11 Å². The number of hydrogen-bond acceptors (Lipinski definition) is 4. The minimum atomic E-state index is -0.517. The maximum absolute atomic E-state index is 9.06. The number of rotatable bonds is 4. The molecule has 1 unspecified atom stereocenters. The Morgan fingerprint density at radius 3 is 2.38 bits per heavy atom. The van der Waals surface area contributed by atoms with Gasteiger partial charge < -0.3 is 20.3 Å². The van der Waals surface area contributed by atoms with Crippen molar-refractivity contribution < 1.29 is 14.6 Å². The number of methoxy groups -OCH3 is 2. The Morgan fingerprint density at radius 1 is 1.38 bits per heavy atom. The highest BCUT2D eigenvalue weighted by Crippen LogP contribution is 2.41. The van der Waals surface area contributed by atoms with Crippen LogP contribution in [0.25, 0.3) is 0 Å². The van der Waals surface area contributed by atoms with E-state index in [-0.39, 0.29) is 6.61 Å². The highest BCUT2D eigenvalue weighted by atomic mass is 35.5. The van der Waals surface area contributed by atoms with Crippen molar-refractivity contribution in [2.24, 2.45) is 5.73 Å². The largest absolute Gasteiger partial charge is 0.495 e. The summed E-state index contributed by atoms with van der Waals surface area (Å²) in [5.74, 6) is 1.01. The van der Waals surface area contributed by atoms with Gasteiger partial charge in [0.15, 0.2) is 0 Å². The van der Waals surface area contributed by atoms with Gasteiger partial charge in [0, 0.05) is 5.56 Å². The Kier molecular flexibility index (Phi) is 4.41. The average molecular weight is 246 g/mol. The number of benzene rings is 1. The molecule has 1 aromatic rings. The van der Waals surface area contributed by atoms with Gasteiger partial charge in [-0.15, -0.1) is 0 Å². The number of aryl methyl sites for hydroxylation is 1. The third-order valence-corrected chi connectivity index (χ3v) is 2.74. The predicted molar refractivity (Wildman–Crippen MR) is 63.3 cm³/mol. The van der Waals surface area contributed by atoms with Crippen LogP contribution in [0.4, 0.5) is 0 Å². The monoisotopic (exact) mass is 245 g/mol. The van der Waals surface area contributed by atoms with Gasteiger partial charge in [0.1, 0.15) is 16.5 Å². The van der Waals surface area contributed by atoms with Crippen molar-refractivity contribution in [3.63, 3.8) is 0 Å². The highest BCUT2D eigenvalue weighted by Gasteiger charge is 2.19. The van der Waals surface area contributed by atoms with Crippen molar-refractivity contribution in [3.05, 3.63) is 22.2 Å². The van der Waals surface area contributed by atoms with Gasteiger partial charge in [0.05, 0.1) is 26.9 Å². The second-order valence-corrected chi connectivity index (χ2v) is 3.83. The fourth-order valence-corrected chi connectivity index (χ4v) is 2.01.